The topological polar surface area (TPSA) is 31.2 Å². The van der Waals surface area contributed by atoms with Crippen molar-refractivity contribution in [1.29, 1.82) is 0 Å². The first kappa shape index (κ1) is 12.9. The van der Waals surface area contributed by atoms with Crippen molar-refractivity contribution < 1.29 is 9.53 Å². The van der Waals surface area contributed by atoms with Crippen molar-refractivity contribution in [2.24, 2.45) is 5.41 Å². The van der Waals surface area contributed by atoms with Crippen LogP contribution in [0.2, 0.25) is 0 Å². The average molecular weight is 261 g/mol. The Morgan fingerprint density at radius 2 is 2.05 bits per heavy atom. The van der Waals surface area contributed by atoms with Crippen LogP contribution in [-0.4, -0.2) is 23.6 Å². The highest BCUT2D eigenvalue weighted by Crippen LogP contribution is 2.38. The van der Waals surface area contributed by atoms with Crippen LogP contribution in [0, 0.1) is 5.41 Å². The molecular weight excluding hydrogens is 238 g/mol. The normalized spacial score (nSPS) is 30.2. The fourth-order valence-electron chi connectivity index (χ4n) is 3.56. The molecule has 3 rings (SSSR count). The number of fused-ring (bicyclic) bond motifs is 1. The summed E-state index contributed by atoms with van der Waals surface area (Å²) in [6.45, 7) is 8.24. The van der Waals surface area contributed by atoms with Crippen molar-refractivity contribution in [2.45, 2.75) is 52.0 Å². The summed E-state index contributed by atoms with van der Waals surface area (Å²) < 4.78 is 7.99. The SMILES string of the molecule is CC1(C)CC(=O)c2ccn(C3(C)CCCOC3)c2C1. The van der Waals surface area contributed by atoms with Gasteiger partial charge in [-0.3, -0.25) is 4.79 Å². The number of ketones is 1. The van der Waals surface area contributed by atoms with Crippen LogP contribution in [0.4, 0.5) is 0 Å². The van der Waals surface area contributed by atoms with Gasteiger partial charge in [0, 0.05) is 30.5 Å². The summed E-state index contributed by atoms with van der Waals surface area (Å²) in [6, 6.07) is 2.01. The van der Waals surface area contributed by atoms with Crippen molar-refractivity contribution in [3.8, 4) is 0 Å². The van der Waals surface area contributed by atoms with Gasteiger partial charge in [0.2, 0.25) is 0 Å². The maximum atomic E-state index is 12.3. The molecule has 1 aromatic heterocycles. The monoisotopic (exact) mass is 261 g/mol. The highest BCUT2D eigenvalue weighted by molar-refractivity contribution is 5.98. The minimum atomic E-state index is 0.0134. The van der Waals surface area contributed by atoms with Gasteiger partial charge >= 0.3 is 0 Å². The maximum Gasteiger partial charge on any atom is 0.165 e. The van der Waals surface area contributed by atoms with Crippen molar-refractivity contribution in [2.75, 3.05) is 13.2 Å². The fourth-order valence-corrected chi connectivity index (χ4v) is 3.56. The van der Waals surface area contributed by atoms with Gasteiger partial charge in [-0.25, -0.2) is 0 Å². The molecule has 0 bridgehead atoms. The van der Waals surface area contributed by atoms with Crippen LogP contribution in [0.3, 0.4) is 0 Å². The molecule has 0 N–H and O–H groups in total. The van der Waals surface area contributed by atoms with Crippen LogP contribution in [0.15, 0.2) is 12.3 Å². The molecule has 104 valence electrons. The standard InChI is InChI=1S/C16H23NO2/c1-15(2)9-13-12(14(18)10-15)5-7-17(13)16(3)6-4-8-19-11-16/h5,7H,4,6,8-11H2,1-3H3. The van der Waals surface area contributed by atoms with E-state index in [0.717, 1.165) is 38.0 Å². The molecule has 0 spiro atoms. The van der Waals surface area contributed by atoms with E-state index in [1.807, 2.05) is 6.07 Å². The van der Waals surface area contributed by atoms with Gasteiger partial charge < -0.3 is 9.30 Å². The van der Waals surface area contributed by atoms with Crippen molar-refractivity contribution in [3.05, 3.63) is 23.5 Å². The Morgan fingerprint density at radius 3 is 2.74 bits per heavy atom. The van der Waals surface area contributed by atoms with E-state index in [1.54, 1.807) is 0 Å². The van der Waals surface area contributed by atoms with E-state index in [1.165, 1.54) is 5.69 Å². The maximum absolute atomic E-state index is 12.3. The Morgan fingerprint density at radius 1 is 1.26 bits per heavy atom. The lowest BCUT2D eigenvalue weighted by Crippen LogP contribution is -2.41. The lowest BCUT2D eigenvalue weighted by Gasteiger charge is -2.39. The molecule has 0 saturated carbocycles. The van der Waals surface area contributed by atoms with E-state index in [0.29, 0.717) is 12.2 Å². The van der Waals surface area contributed by atoms with Gasteiger partial charge in [0.15, 0.2) is 5.78 Å². The van der Waals surface area contributed by atoms with Gasteiger partial charge in [-0.05, 0) is 37.7 Å². The molecular formula is C16H23NO2. The first-order valence-corrected chi connectivity index (χ1v) is 7.23. The molecule has 1 aliphatic carbocycles. The van der Waals surface area contributed by atoms with Crippen LogP contribution >= 0.6 is 0 Å². The number of aromatic nitrogens is 1. The summed E-state index contributed by atoms with van der Waals surface area (Å²) in [5.41, 5.74) is 2.24. The molecule has 1 aliphatic heterocycles. The third-order valence-corrected chi connectivity index (χ3v) is 4.58. The number of hydrogen-bond acceptors (Lipinski definition) is 2. The molecule has 1 fully saturated rings. The number of ether oxygens (including phenoxy) is 1. The highest BCUT2D eigenvalue weighted by atomic mass is 16.5. The fraction of sp³-hybridized carbons (Fsp3) is 0.688. The van der Waals surface area contributed by atoms with Crippen LogP contribution in [0.1, 0.15) is 56.1 Å². The summed E-state index contributed by atoms with van der Waals surface area (Å²) in [6.07, 6.45) is 5.97. The first-order valence-electron chi connectivity index (χ1n) is 7.23. The summed E-state index contributed by atoms with van der Waals surface area (Å²) in [5.74, 6) is 0.297. The van der Waals surface area contributed by atoms with Crippen LogP contribution in [0.25, 0.3) is 0 Å². The van der Waals surface area contributed by atoms with E-state index in [9.17, 15) is 4.79 Å². The predicted octanol–water partition coefficient (Wildman–Crippen LogP) is 3.17. The molecule has 0 radical (unpaired) electrons. The number of carbonyl (C=O) groups is 1. The Kier molecular flexibility index (Phi) is 2.86. The summed E-state index contributed by atoms with van der Waals surface area (Å²) >= 11 is 0. The second-order valence-corrected chi connectivity index (χ2v) is 7.14. The third kappa shape index (κ3) is 2.14. The van der Waals surface area contributed by atoms with E-state index in [4.69, 9.17) is 4.74 Å². The Labute approximate surface area is 114 Å². The molecule has 1 atom stereocenters. The molecule has 1 unspecified atom stereocenters. The quantitative estimate of drug-likeness (QED) is 0.777. The van der Waals surface area contributed by atoms with Gasteiger partial charge in [-0.15, -0.1) is 0 Å². The number of carbonyl (C=O) groups excluding carboxylic acids is 1. The highest BCUT2D eigenvalue weighted by Gasteiger charge is 2.38. The van der Waals surface area contributed by atoms with Crippen LogP contribution in [-0.2, 0) is 16.7 Å². The number of hydrogen-bond donors (Lipinski definition) is 0. The molecule has 1 saturated heterocycles. The summed E-state index contributed by atoms with van der Waals surface area (Å²) in [5, 5.41) is 0. The molecule has 19 heavy (non-hydrogen) atoms. The van der Waals surface area contributed by atoms with E-state index < -0.39 is 0 Å². The van der Waals surface area contributed by atoms with E-state index in [-0.39, 0.29) is 11.0 Å². The summed E-state index contributed by atoms with van der Waals surface area (Å²) in [4.78, 5) is 12.3. The lowest BCUT2D eigenvalue weighted by atomic mass is 9.76. The van der Waals surface area contributed by atoms with E-state index in [2.05, 4.69) is 31.5 Å². The second-order valence-electron chi connectivity index (χ2n) is 7.14. The molecule has 3 nitrogen and oxygen atoms in total. The number of Topliss-reactive ketones (excluding diaryl/α,β-unsaturated/α-hetero) is 1. The van der Waals surface area contributed by atoms with Gasteiger partial charge in [-0.2, -0.15) is 0 Å². The Bertz CT molecular complexity index is 507. The molecule has 2 aliphatic rings. The zero-order valence-electron chi connectivity index (χ0n) is 12.2. The van der Waals surface area contributed by atoms with Gasteiger partial charge in [0.25, 0.3) is 0 Å². The van der Waals surface area contributed by atoms with Crippen molar-refractivity contribution in [3.63, 3.8) is 0 Å². The smallest absolute Gasteiger partial charge is 0.165 e. The molecule has 1 aromatic rings. The van der Waals surface area contributed by atoms with Gasteiger partial charge in [0.1, 0.15) is 0 Å². The number of nitrogens with zero attached hydrogens (tertiary/aromatic N) is 1. The third-order valence-electron chi connectivity index (χ3n) is 4.58. The number of rotatable bonds is 1. The zero-order valence-corrected chi connectivity index (χ0v) is 12.2. The Hall–Kier alpha value is -1.09. The molecule has 0 aromatic carbocycles. The van der Waals surface area contributed by atoms with E-state index >= 15 is 0 Å². The molecule has 3 heteroatoms. The van der Waals surface area contributed by atoms with Crippen molar-refractivity contribution in [1.82, 2.24) is 4.57 Å². The lowest BCUT2D eigenvalue weighted by molar-refractivity contribution is 0.00767. The average Bonchev–Trinajstić information content (AvgIpc) is 2.72. The molecule has 2 heterocycles. The second kappa shape index (κ2) is 4.20. The Balaban J connectivity index is 2.03. The first-order chi connectivity index (χ1) is 8.91. The van der Waals surface area contributed by atoms with Gasteiger partial charge in [0.05, 0.1) is 12.1 Å². The minimum Gasteiger partial charge on any atom is -0.379 e. The van der Waals surface area contributed by atoms with Crippen LogP contribution in [0.5, 0.6) is 0 Å². The van der Waals surface area contributed by atoms with Gasteiger partial charge in [-0.1, -0.05) is 13.8 Å². The van der Waals surface area contributed by atoms with Crippen LogP contribution < -0.4 is 0 Å². The summed E-state index contributed by atoms with van der Waals surface area (Å²) in [7, 11) is 0. The van der Waals surface area contributed by atoms with Crippen molar-refractivity contribution >= 4 is 5.78 Å². The largest absolute Gasteiger partial charge is 0.379 e. The molecule has 0 amide bonds. The predicted molar refractivity (Wildman–Crippen MR) is 74.6 cm³/mol. The minimum absolute atomic E-state index is 0.0134. The zero-order chi connectivity index (χ0) is 13.7.